The molecule has 2 aromatic carbocycles. The maximum absolute atomic E-state index is 13.0. The quantitative estimate of drug-likeness (QED) is 0.890. The van der Waals surface area contributed by atoms with Gasteiger partial charge in [0.1, 0.15) is 0 Å². The van der Waals surface area contributed by atoms with Crippen molar-refractivity contribution in [3.8, 4) is 0 Å². The normalized spacial score (nSPS) is 17.3. The Bertz CT molecular complexity index is 903. The minimum atomic E-state index is -0.897. The van der Waals surface area contributed by atoms with Gasteiger partial charge in [-0.3, -0.25) is 9.59 Å². The molecule has 0 fully saturated rings. The molecule has 2 heterocycles. The van der Waals surface area contributed by atoms with E-state index in [2.05, 4.69) is 29.4 Å². The molecule has 27 heavy (non-hydrogen) atoms. The monoisotopic (exact) mass is 363 g/mol. The van der Waals surface area contributed by atoms with Crippen LogP contribution in [0.5, 0.6) is 0 Å². The van der Waals surface area contributed by atoms with Crippen LogP contribution in [0.1, 0.15) is 43.0 Å². The Morgan fingerprint density at radius 2 is 1.89 bits per heavy atom. The Labute approximate surface area is 160 Å². The summed E-state index contributed by atoms with van der Waals surface area (Å²) in [6, 6.07) is 14.0. The molecule has 0 aromatic heterocycles. The fraction of sp³-hybridized carbons (Fsp3) is 0.318. The summed E-state index contributed by atoms with van der Waals surface area (Å²) in [4.78, 5) is 31.0. The van der Waals surface area contributed by atoms with E-state index >= 15 is 0 Å². The van der Waals surface area contributed by atoms with E-state index in [9.17, 15) is 9.59 Å². The minimum absolute atomic E-state index is 0.176. The minimum Gasteiger partial charge on any atom is -0.327 e. The molecule has 0 saturated heterocycles. The van der Waals surface area contributed by atoms with Crippen molar-refractivity contribution in [3.05, 3.63) is 64.7 Å². The summed E-state index contributed by atoms with van der Waals surface area (Å²) in [5.41, 5.74) is 5.88. The number of nitrogens with zero attached hydrogens (tertiary/aromatic N) is 2. The highest BCUT2D eigenvalue weighted by Gasteiger charge is 2.36. The molecule has 0 bridgehead atoms. The van der Waals surface area contributed by atoms with Gasteiger partial charge < -0.3 is 10.2 Å². The molecule has 0 radical (unpaired) electrons. The van der Waals surface area contributed by atoms with Crippen molar-refractivity contribution in [2.45, 2.75) is 40.3 Å². The Kier molecular flexibility index (Phi) is 5.40. The molecule has 4 rings (SSSR count). The van der Waals surface area contributed by atoms with Gasteiger partial charge in [-0.05, 0) is 25.0 Å². The van der Waals surface area contributed by atoms with Crippen LogP contribution in [-0.4, -0.2) is 30.2 Å². The second-order valence-corrected chi connectivity index (χ2v) is 6.51. The van der Waals surface area contributed by atoms with Crippen molar-refractivity contribution in [2.75, 3.05) is 11.4 Å². The third-order valence-corrected chi connectivity index (χ3v) is 4.61. The zero-order valence-corrected chi connectivity index (χ0v) is 16.2. The number of rotatable bonds is 2. The van der Waals surface area contributed by atoms with Crippen LogP contribution in [-0.2, 0) is 16.0 Å². The summed E-state index contributed by atoms with van der Waals surface area (Å²) in [5.74, 6) is -0.443. The first-order valence-corrected chi connectivity index (χ1v) is 9.40. The van der Waals surface area contributed by atoms with Crippen molar-refractivity contribution >= 4 is 23.2 Å². The fourth-order valence-electron chi connectivity index (χ4n) is 3.62. The van der Waals surface area contributed by atoms with Gasteiger partial charge in [0.15, 0.2) is 0 Å². The third kappa shape index (κ3) is 3.50. The van der Waals surface area contributed by atoms with Crippen LogP contribution < -0.4 is 10.2 Å². The summed E-state index contributed by atoms with van der Waals surface area (Å²) in [7, 11) is 0. The molecule has 1 unspecified atom stereocenters. The van der Waals surface area contributed by atoms with Crippen molar-refractivity contribution in [3.63, 3.8) is 0 Å². The lowest BCUT2D eigenvalue weighted by Gasteiger charge is -2.20. The van der Waals surface area contributed by atoms with Crippen molar-refractivity contribution in [1.82, 2.24) is 5.32 Å². The smallest absolute Gasteiger partial charge is 0.272 e. The number of carbonyl (C=O) groups is 2. The van der Waals surface area contributed by atoms with Crippen molar-refractivity contribution in [1.29, 1.82) is 0 Å². The van der Waals surface area contributed by atoms with Crippen LogP contribution in [0.25, 0.3) is 0 Å². The van der Waals surface area contributed by atoms with E-state index in [1.807, 2.05) is 44.2 Å². The first-order valence-electron chi connectivity index (χ1n) is 9.40. The van der Waals surface area contributed by atoms with E-state index in [1.54, 1.807) is 4.90 Å². The molecule has 0 spiro atoms. The second kappa shape index (κ2) is 7.74. The Balaban J connectivity index is 0.00000102. The molecule has 0 saturated carbocycles. The average Bonchev–Trinajstić information content (AvgIpc) is 3.05. The molecule has 2 aliphatic rings. The number of carbonyl (C=O) groups excluding carboxylic acids is 2. The molecule has 1 atom stereocenters. The second-order valence-electron chi connectivity index (χ2n) is 6.51. The Morgan fingerprint density at radius 3 is 2.56 bits per heavy atom. The lowest BCUT2D eigenvalue weighted by molar-refractivity contribution is -0.126. The van der Waals surface area contributed by atoms with Gasteiger partial charge >= 0.3 is 0 Å². The average molecular weight is 363 g/mol. The highest BCUT2D eigenvalue weighted by molar-refractivity contribution is 6.21. The zero-order valence-electron chi connectivity index (χ0n) is 16.2. The summed E-state index contributed by atoms with van der Waals surface area (Å²) in [6.45, 7) is 8.08. The number of anilines is 1. The van der Waals surface area contributed by atoms with Crippen LogP contribution in [0.15, 0.2) is 47.5 Å². The number of amides is 2. The fourth-order valence-corrected chi connectivity index (χ4v) is 3.62. The van der Waals surface area contributed by atoms with Crippen molar-refractivity contribution < 1.29 is 9.59 Å². The van der Waals surface area contributed by atoms with Crippen LogP contribution >= 0.6 is 0 Å². The molecule has 1 N–H and O–H groups in total. The molecular weight excluding hydrogens is 338 g/mol. The number of nitrogens with one attached hydrogen (secondary N) is 1. The van der Waals surface area contributed by atoms with E-state index in [4.69, 9.17) is 0 Å². The summed E-state index contributed by atoms with van der Waals surface area (Å²) in [5, 5.41) is 2.69. The van der Waals surface area contributed by atoms with Gasteiger partial charge in [0.25, 0.3) is 5.91 Å². The number of hydrogen-bond acceptors (Lipinski definition) is 3. The van der Waals surface area contributed by atoms with Crippen LogP contribution in [0.4, 0.5) is 5.69 Å². The number of benzene rings is 2. The van der Waals surface area contributed by atoms with Gasteiger partial charge in [-0.1, -0.05) is 55.8 Å². The van der Waals surface area contributed by atoms with E-state index < -0.39 is 6.17 Å². The van der Waals surface area contributed by atoms with Gasteiger partial charge in [0.05, 0.1) is 11.4 Å². The molecule has 140 valence electrons. The zero-order chi connectivity index (χ0) is 19.6. The maximum atomic E-state index is 13.0. The highest BCUT2D eigenvalue weighted by atomic mass is 16.2. The van der Waals surface area contributed by atoms with E-state index in [1.165, 1.54) is 6.92 Å². The summed E-state index contributed by atoms with van der Waals surface area (Å²) >= 11 is 0. The topological polar surface area (TPSA) is 61.8 Å². The van der Waals surface area contributed by atoms with Gasteiger partial charge in [-0.15, -0.1) is 0 Å². The highest BCUT2D eigenvalue weighted by Crippen LogP contribution is 2.37. The predicted octanol–water partition coefficient (Wildman–Crippen LogP) is 3.22. The summed E-state index contributed by atoms with van der Waals surface area (Å²) in [6.07, 6.45) is -0.0729. The van der Waals surface area contributed by atoms with Crippen LogP contribution in [0.3, 0.4) is 0 Å². The third-order valence-electron chi connectivity index (χ3n) is 4.61. The van der Waals surface area contributed by atoms with Gasteiger partial charge in [0.2, 0.25) is 12.1 Å². The molecular formula is C22H25N3O2. The van der Waals surface area contributed by atoms with Crippen molar-refractivity contribution in [2.24, 2.45) is 4.99 Å². The van der Waals surface area contributed by atoms with E-state index in [-0.39, 0.29) is 11.8 Å². The molecule has 2 amide bonds. The number of aryl methyl sites for hydroxylation is 1. The first-order chi connectivity index (χ1) is 13.0. The van der Waals surface area contributed by atoms with Crippen LogP contribution in [0, 0.1) is 6.92 Å². The standard InChI is InChI=1S/C20H19N3O2.C2H6/c1-12-10-15-8-9-23-18(15)16(11-12)17(14-6-4-3-5-7-14)22-19(20(23)25)21-13(2)24;1-2/h3-7,10-11,19H,8-9H2,1-2H3,(H,21,24);1-2H3. The van der Waals surface area contributed by atoms with Crippen LogP contribution in [0.2, 0.25) is 0 Å². The first kappa shape index (κ1) is 18.8. The summed E-state index contributed by atoms with van der Waals surface area (Å²) < 4.78 is 0. The Hall–Kier alpha value is -2.95. The number of aliphatic imine (C=N–C) groups is 1. The van der Waals surface area contributed by atoms with E-state index in [0.717, 1.165) is 40.1 Å². The lowest BCUT2D eigenvalue weighted by atomic mass is 9.96. The largest absolute Gasteiger partial charge is 0.327 e. The molecule has 5 heteroatoms. The predicted molar refractivity (Wildman–Crippen MR) is 108 cm³/mol. The molecule has 0 aliphatic carbocycles. The molecule has 2 aliphatic heterocycles. The number of hydrogen-bond donors (Lipinski definition) is 1. The van der Waals surface area contributed by atoms with Gasteiger partial charge in [-0.2, -0.15) is 0 Å². The molecule has 5 nitrogen and oxygen atoms in total. The van der Waals surface area contributed by atoms with Gasteiger partial charge in [0, 0.05) is 24.6 Å². The molecule has 2 aromatic rings. The lowest BCUT2D eigenvalue weighted by Crippen LogP contribution is -2.46. The van der Waals surface area contributed by atoms with E-state index in [0.29, 0.717) is 6.54 Å². The Morgan fingerprint density at radius 1 is 1.19 bits per heavy atom. The van der Waals surface area contributed by atoms with Gasteiger partial charge in [-0.25, -0.2) is 4.99 Å². The SMILES string of the molecule is CC.CC(=O)NC1N=C(c2ccccc2)c2cc(C)cc3c2N(CC3)C1=O. The maximum Gasteiger partial charge on any atom is 0.272 e.